The third-order valence-corrected chi connectivity index (χ3v) is 4.44. The molecule has 2 atom stereocenters. The van der Waals surface area contributed by atoms with Crippen LogP contribution in [0.3, 0.4) is 0 Å². The van der Waals surface area contributed by atoms with Crippen molar-refractivity contribution < 1.29 is 18.7 Å². The number of amides is 2. The summed E-state index contributed by atoms with van der Waals surface area (Å²) in [5, 5.41) is 0. The van der Waals surface area contributed by atoms with E-state index in [9.17, 15) is 14.0 Å². The highest BCUT2D eigenvalue weighted by Gasteiger charge is 2.44. The van der Waals surface area contributed by atoms with Crippen molar-refractivity contribution in [3.63, 3.8) is 0 Å². The number of carbonyl (C=O) groups excluding carboxylic acids is 2. The Balaban J connectivity index is 1.86. The zero-order valence-electron chi connectivity index (χ0n) is 12.5. The van der Waals surface area contributed by atoms with Crippen LogP contribution in [0.4, 0.5) is 4.39 Å². The predicted octanol–water partition coefficient (Wildman–Crippen LogP) is 1.20. The van der Waals surface area contributed by atoms with Gasteiger partial charge in [0.05, 0.1) is 25.2 Å². The summed E-state index contributed by atoms with van der Waals surface area (Å²) in [5.74, 6) is -0.816. The molecule has 0 aliphatic carbocycles. The molecule has 2 aliphatic rings. The lowest BCUT2D eigenvalue weighted by Crippen LogP contribution is -2.44. The van der Waals surface area contributed by atoms with E-state index < -0.39 is 5.92 Å². The third kappa shape index (κ3) is 2.70. The fraction of sp³-hybridized carbons (Fsp3) is 0.500. The molecule has 3 rings (SSSR count). The highest BCUT2D eigenvalue weighted by atomic mass is 19.1. The van der Waals surface area contributed by atoms with Crippen LogP contribution < -0.4 is 0 Å². The molecule has 0 saturated carbocycles. The second kappa shape index (κ2) is 6.04. The number of carbonyl (C=O) groups is 2. The Morgan fingerprint density at radius 2 is 1.86 bits per heavy atom. The van der Waals surface area contributed by atoms with Crippen LogP contribution in [0.15, 0.2) is 24.3 Å². The second-order valence-corrected chi connectivity index (χ2v) is 5.75. The van der Waals surface area contributed by atoms with Gasteiger partial charge in [0, 0.05) is 26.6 Å². The van der Waals surface area contributed by atoms with E-state index in [1.54, 1.807) is 29.0 Å². The second-order valence-electron chi connectivity index (χ2n) is 5.75. The van der Waals surface area contributed by atoms with Gasteiger partial charge in [0.25, 0.3) is 0 Å². The molecule has 0 radical (unpaired) electrons. The van der Waals surface area contributed by atoms with Crippen molar-refractivity contribution >= 4 is 11.8 Å². The van der Waals surface area contributed by atoms with Crippen LogP contribution in [0.5, 0.6) is 0 Å². The maximum absolute atomic E-state index is 13.1. The zero-order valence-corrected chi connectivity index (χ0v) is 12.5. The topological polar surface area (TPSA) is 49.9 Å². The van der Waals surface area contributed by atoms with Gasteiger partial charge in [-0.05, 0) is 17.7 Å². The molecule has 22 heavy (non-hydrogen) atoms. The summed E-state index contributed by atoms with van der Waals surface area (Å²) in [6.45, 7) is 2.18. The van der Waals surface area contributed by atoms with Gasteiger partial charge in [-0.15, -0.1) is 0 Å². The zero-order chi connectivity index (χ0) is 15.7. The normalized spacial score (nSPS) is 25.6. The van der Waals surface area contributed by atoms with Gasteiger partial charge in [-0.1, -0.05) is 12.1 Å². The molecule has 0 N–H and O–H groups in total. The largest absolute Gasteiger partial charge is 0.378 e. The van der Waals surface area contributed by atoms with Crippen LogP contribution >= 0.6 is 0 Å². The fourth-order valence-corrected chi connectivity index (χ4v) is 3.23. The minimum absolute atomic E-state index is 0.0182. The van der Waals surface area contributed by atoms with E-state index in [-0.39, 0.29) is 30.1 Å². The Hall–Kier alpha value is -1.95. The van der Waals surface area contributed by atoms with Crippen molar-refractivity contribution in [3.05, 3.63) is 35.6 Å². The van der Waals surface area contributed by atoms with E-state index >= 15 is 0 Å². The Morgan fingerprint density at radius 3 is 2.50 bits per heavy atom. The number of likely N-dealkylation sites (tertiary alicyclic amines) is 1. The third-order valence-electron chi connectivity index (χ3n) is 4.44. The van der Waals surface area contributed by atoms with Gasteiger partial charge in [-0.2, -0.15) is 0 Å². The molecule has 1 aromatic rings. The Bertz CT molecular complexity index is 569. The summed E-state index contributed by atoms with van der Waals surface area (Å²) >= 11 is 0. The molecule has 118 valence electrons. The number of hydrogen-bond donors (Lipinski definition) is 0. The van der Waals surface area contributed by atoms with Crippen LogP contribution in [0, 0.1) is 11.7 Å². The summed E-state index contributed by atoms with van der Waals surface area (Å²) in [4.78, 5) is 28.2. The first kappa shape index (κ1) is 15.0. The molecular weight excluding hydrogens is 287 g/mol. The van der Waals surface area contributed by atoms with Crippen molar-refractivity contribution in [1.82, 2.24) is 9.80 Å². The molecule has 0 bridgehead atoms. The maximum atomic E-state index is 13.1. The van der Waals surface area contributed by atoms with Gasteiger partial charge < -0.3 is 14.5 Å². The van der Waals surface area contributed by atoms with E-state index in [0.717, 1.165) is 5.56 Å². The van der Waals surface area contributed by atoms with Crippen LogP contribution in [0.2, 0.25) is 0 Å². The molecule has 2 aliphatic heterocycles. The van der Waals surface area contributed by atoms with Crippen molar-refractivity contribution in [3.8, 4) is 0 Å². The molecule has 0 aromatic heterocycles. The Morgan fingerprint density at radius 1 is 1.23 bits per heavy atom. The summed E-state index contributed by atoms with van der Waals surface area (Å²) in [7, 11) is 1.70. The van der Waals surface area contributed by atoms with Crippen LogP contribution in [0.1, 0.15) is 18.0 Å². The van der Waals surface area contributed by atoms with Gasteiger partial charge >= 0.3 is 0 Å². The summed E-state index contributed by atoms with van der Waals surface area (Å²) in [6, 6.07) is 5.69. The minimum Gasteiger partial charge on any atom is -0.378 e. The average Bonchev–Trinajstić information content (AvgIpc) is 2.84. The lowest BCUT2D eigenvalue weighted by Gasteiger charge is -2.32. The summed E-state index contributed by atoms with van der Waals surface area (Å²) in [5.41, 5.74) is 0.793. The summed E-state index contributed by atoms with van der Waals surface area (Å²) in [6.07, 6.45) is 0.203. The first-order valence-corrected chi connectivity index (χ1v) is 7.45. The first-order valence-electron chi connectivity index (χ1n) is 7.45. The lowest BCUT2D eigenvalue weighted by atomic mass is 9.92. The number of nitrogens with zero attached hydrogens (tertiary/aromatic N) is 2. The molecule has 0 spiro atoms. The van der Waals surface area contributed by atoms with Gasteiger partial charge in [0.2, 0.25) is 11.8 Å². The van der Waals surface area contributed by atoms with Gasteiger partial charge in [0.15, 0.2) is 0 Å². The molecule has 2 unspecified atom stereocenters. The van der Waals surface area contributed by atoms with Crippen molar-refractivity contribution in [2.75, 3.05) is 33.4 Å². The minimum atomic E-state index is -0.416. The monoisotopic (exact) mass is 306 g/mol. The SMILES string of the molecule is CN1C(=O)CC(C(=O)N2CCOCC2)C1c1ccc(F)cc1. The quantitative estimate of drug-likeness (QED) is 0.825. The molecular formula is C16H19FN2O3. The number of morpholine rings is 1. The molecule has 5 nitrogen and oxygen atoms in total. The molecule has 2 saturated heterocycles. The number of benzene rings is 1. The van der Waals surface area contributed by atoms with Crippen LogP contribution in [-0.4, -0.2) is 55.0 Å². The van der Waals surface area contributed by atoms with Crippen molar-refractivity contribution in [1.29, 1.82) is 0 Å². The van der Waals surface area contributed by atoms with E-state index in [4.69, 9.17) is 4.74 Å². The number of halogens is 1. The van der Waals surface area contributed by atoms with Crippen LogP contribution in [0.25, 0.3) is 0 Å². The predicted molar refractivity (Wildman–Crippen MR) is 77.4 cm³/mol. The highest BCUT2D eigenvalue weighted by Crippen LogP contribution is 2.38. The number of rotatable bonds is 2. The lowest BCUT2D eigenvalue weighted by molar-refractivity contribution is -0.140. The smallest absolute Gasteiger partial charge is 0.228 e. The van der Waals surface area contributed by atoms with Gasteiger partial charge in [-0.3, -0.25) is 9.59 Å². The molecule has 1 aromatic carbocycles. The highest BCUT2D eigenvalue weighted by molar-refractivity contribution is 5.90. The van der Waals surface area contributed by atoms with E-state index in [1.807, 2.05) is 0 Å². The molecule has 2 fully saturated rings. The van der Waals surface area contributed by atoms with E-state index in [2.05, 4.69) is 0 Å². The van der Waals surface area contributed by atoms with E-state index in [1.165, 1.54) is 12.1 Å². The Kier molecular flexibility index (Phi) is 4.11. The first-order chi connectivity index (χ1) is 10.6. The average molecular weight is 306 g/mol. The molecule has 2 heterocycles. The molecule has 6 heteroatoms. The van der Waals surface area contributed by atoms with Crippen molar-refractivity contribution in [2.24, 2.45) is 5.92 Å². The van der Waals surface area contributed by atoms with Crippen molar-refractivity contribution in [2.45, 2.75) is 12.5 Å². The van der Waals surface area contributed by atoms with E-state index in [0.29, 0.717) is 26.3 Å². The fourth-order valence-electron chi connectivity index (χ4n) is 3.23. The Labute approximate surface area is 128 Å². The molecule has 2 amide bonds. The standard InChI is InChI=1S/C16H19FN2O3/c1-18-14(20)10-13(16(21)19-6-8-22-9-7-19)15(18)11-2-4-12(17)5-3-11/h2-5,13,15H,6-10H2,1H3. The number of hydrogen-bond acceptors (Lipinski definition) is 3. The van der Waals surface area contributed by atoms with Gasteiger partial charge in [0.1, 0.15) is 5.82 Å². The van der Waals surface area contributed by atoms with Crippen LogP contribution in [-0.2, 0) is 14.3 Å². The number of ether oxygens (including phenoxy) is 1. The summed E-state index contributed by atoms with van der Waals surface area (Å²) < 4.78 is 18.4. The maximum Gasteiger partial charge on any atom is 0.228 e. The van der Waals surface area contributed by atoms with Gasteiger partial charge in [-0.25, -0.2) is 4.39 Å².